The number of hydrogen-bond donors (Lipinski definition) is 1. The highest BCUT2D eigenvalue weighted by Gasteiger charge is 2.24. The number of furan rings is 1. The average molecular weight is 394 g/mol. The Bertz CT molecular complexity index is 1000. The van der Waals surface area contributed by atoms with Crippen LogP contribution in [0.25, 0.3) is 11.0 Å². The Kier molecular flexibility index (Phi) is 5.67. The Hall–Kier alpha value is -2.66. The van der Waals surface area contributed by atoms with Crippen LogP contribution in [0.1, 0.15) is 52.5 Å². The Morgan fingerprint density at radius 1 is 1.10 bits per heavy atom. The van der Waals surface area contributed by atoms with Crippen molar-refractivity contribution in [3.8, 4) is 0 Å². The molecule has 2 aromatic carbocycles. The first kappa shape index (κ1) is 19.6. The summed E-state index contributed by atoms with van der Waals surface area (Å²) < 4.78 is 19.3. The third kappa shape index (κ3) is 4.20. The first-order chi connectivity index (χ1) is 14.0. The highest BCUT2D eigenvalue weighted by atomic mass is 19.1. The second-order valence-electron chi connectivity index (χ2n) is 7.93. The highest BCUT2D eigenvalue weighted by Crippen LogP contribution is 2.27. The molecule has 5 heteroatoms. The lowest BCUT2D eigenvalue weighted by Gasteiger charge is -2.35. The van der Waals surface area contributed by atoms with Gasteiger partial charge in [0, 0.05) is 17.5 Å². The van der Waals surface area contributed by atoms with Gasteiger partial charge in [-0.2, -0.15) is 0 Å². The molecule has 0 saturated carbocycles. The number of nitrogens with zero attached hydrogens (tertiary/aromatic N) is 1. The molecule has 1 atom stereocenters. The van der Waals surface area contributed by atoms with E-state index in [1.165, 1.54) is 42.5 Å². The number of nitrogens with one attached hydrogen (secondary N) is 1. The molecule has 1 aromatic heterocycles. The summed E-state index contributed by atoms with van der Waals surface area (Å²) in [4.78, 5) is 15.3. The van der Waals surface area contributed by atoms with E-state index in [4.69, 9.17) is 4.42 Å². The number of rotatable bonds is 5. The second-order valence-corrected chi connectivity index (χ2v) is 7.93. The molecule has 0 unspecified atom stereocenters. The molecule has 1 N–H and O–H groups in total. The molecule has 29 heavy (non-hydrogen) atoms. The SMILES string of the molecule is Cc1ccc([C@@H](CNC(=O)c2oc3ccc(F)cc3c2C)N2CCCCC2)cc1. The minimum atomic E-state index is -0.335. The van der Waals surface area contributed by atoms with Crippen LogP contribution < -0.4 is 5.32 Å². The molecule has 3 aromatic rings. The van der Waals surface area contributed by atoms with Gasteiger partial charge in [-0.1, -0.05) is 36.2 Å². The van der Waals surface area contributed by atoms with Crippen LogP contribution in [0.4, 0.5) is 4.39 Å². The standard InChI is InChI=1S/C24H27FN2O2/c1-16-6-8-18(9-7-16)21(27-12-4-3-5-13-27)15-26-24(28)23-17(2)20-14-19(25)10-11-22(20)29-23/h6-11,14,21H,3-5,12-13,15H2,1-2H3,(H,26,28)/t21-/m1/s1. The summed E-state index contributed by atoms with van der Waals surface area (Å²) in [6, 6.07) is 13.0. The number of carbonyl (C=O) groups excluding carboxylic acids is 1. The molecule has 0 radical (unpaired) electrons. The molecule has 0 bridgehead atoms. The molecule has 1 aliphatic rings. The summed E-state index contributed by atoms with van der Waals surface area (Å²) in [7, 11) is 0. The van der Waals surface area contributed by atoms with Gasteiger partial charge in [-0.3, -0.25) is 9.69 Å². The van der Waals surface area contributed by atoms with Gasteiger partial charge in [-0.15, -0.1) is 0 Å². The Labute approximate surface area is 170 Å². The van der Waals surface area contributed by atoms with Crippen molar-refractivity contribution >= 4 is 16.9 Å². The maximum atomic E-state index is 13.6. The number of benzene rings is 2. The van der Waals surface area contributed by atoms with Crippen LogP contribution in [0.15, 0.2) is 46.9 Å². The van der Waals surface area contributed by atoms with Crippen molar-refractivity contribution < 1.29 is 13.6 Å². The Balaban J connectivity index is 1.54. The number of fused-ring (bicyclic) bond motifs is 1. The predicted molar refractivity (Wildman–Crippen MR) is 113 cm³/mol. The molecule has 2 heterocycles. The zero-order chi connectivity index (χ0) is 20.4. The molecule has 1 aliphatic heterocycles. The maximum Gasteiger partial charge on any atom is 0.287 e. The third-order valence-electron chi connectivity index (χ3n) is 5.85. The molecule has 0 aliphatic carbocycles. The predicted octanol–water partition coefficient (Wildman–Crippen LogP) is 5.15. The molecular weight excluding hydrogens is 367 g/mol. The minimum Gasteiger partial charge on any atom is -0.451 e. The van der Waals surface area contributed by atoms with E-state index in [0.717, 1.165) is 13.1 Å². The van der Waals surface area contributed by atoms with Crippen LogP contribution in [-0.2, 0) is 0 Å². The topological polar surface area (TPSA) is 45.5 Å². The van der Waals surface area contributed by atoms with Crippen LogP contribution in [0.2, 0.25) is 0 Å². The number of carbonyl (C=O) groups is 1. The third-order valence-corrected chi connectivity index (χ3v) is 5.85. The van der Waals surface area contributed by atoms with Gasteiger partial charge in [0.1, 0.15) is 11.4 Å². The van der Waals surface area contributed by atoms with Crippen LogP contribution in [0, 0.1) is 19.7 Å². The van der Waals surface area contributed by atoms with Gasteiger partial charge >= 0.3 is 0 Å². The number of piperidine rings is 1. The van der Waals surface area contributed by atoms with E-state index in [1.54, 1.807) is 13.0 Å². The quantitative estimate of drug-likeness (QED) is 0.651. The smallest absolute Gasteiger partial charge is 0.287 e. The number of aryl methyl sites for hydroxylation is 2. The largest absolute Gasteiger partial charge is 0.451 e. The zero-order valence-electron chi connectivity index (χ0n) is 17.0. The van der Waals surface area contributed by atoms with E-state index < -0.39 is 0 Å². The lowest BCUT2D eigenvalue weighted by atomic mass is 10.0. The Morgan fingerprint density at radius 3 is 2.55 bits per heavy atom. The molecular formula is C24H27FN2O2. The lowest BCUT2D eigenvalue weighted by molar-refractivity contribution is 0.0898. The summed E-state index contributed by atoms with van der Waals surface area (Å²) in [6.45, 7) is 6.46. The molecule has 1 fully saturated rings. The van der Waals surface area contributed by atoms with Crippen molar-refractivity contribution in [3.05, 3.63) is 70.7 Å². The first-order valence-electron chi connectivity index (χ1n) is 10.3. The lowest BCUT2D eigenvalue weighted by Crippen LogP contribution is -2.40. The van der Waals surface area contributed by atoms with Crippen LogP contribution in [0.5, 0.6) is 0 Å². The van der Waals surface area contributed by atoms with E-state index in [-0.39, 0.29) is 23.5 Å². The van der Waals surface area contributed by atoms with Crippen molar-refractivity contribution in [1.29, 1.82) is 0 Å². The van der Waals surface area contributed by atoms with Crippen LogP contribution >= 0.6 is 0 Å². The van der Waals surface area contributed by atoms with Gasteiger partial charge in [0.25, 0.3) is 5.91 Å². The summed E-state index contributed by atoms with van der Waals surface area (Å²) in [6.07, 6.45) is 3.63. The van der Waals surface area contributed by atoms with Crippen LogP contribution in [0.3, 0.4) is 0 Å². The van der Waals surface area contributed by atoms with Gasteiger partial charge in [0.05, 0.1) is 6.04 Å². The monoisotopic (exact) mass is 394 g/mol. The van der Waals surface area contributed by atoms with Crippen LogP contribution in [-0.4, -0.2) is 30.4 Å². The summed E-state index contributed by atoms with van der Waals surface area (Å²) in [5.41, 5.74) is 3.63. The minimum absolute atomic E-state index is 0.127. The number of likely N-dealkylation sites (tertiary alicyclic amines) is 1. The van der Waals surface area contributed by atoms with Gasteiger partial charge in [-0.05, 0) is 63.5 Å². The highest BCUT2D eigenvalue weighted by molar-refractivity contribution is 5.98. The fourth-order valence-corrected chi connectivity index (χ4v) is 4.16. The van der Waals surface area contributed by atoms with Crippen molar-refractivity contribution in [2.75, 3.05) is 19.6 Å². The average Bonchev–Trinajstić information content (AvgIpc) is 3.06. The zero-order valence-corrected chi connectivity index (χ0v) is 17.0. The molecule has 4 nitrogen and oxygen atoms in total. The van der Waals surface area contributed by atoms with E-state index in [9.17, 15) is 9.18 Å². The summed E-state index contributed by atoms with van der Waals surface area (Å²) in [5, 5.41) is 3.70. The number of amides is 1. The van der Waals surface area contributed by atoms with Crippen molar-refractivity contribution in [3.63, 3.8) is 0 Å². The van der Waals surface area contributed by atoms with Gasteiger partial charge < -0.3 is 9.73 Å². The van der Waals surface area contributed by atoms with Crippen molar-refractivity contribution in [2.24, 2.45) is 0 Å². The van der Waals surface area contributed by atoms with Gasteiger partial charge in [0.15, 0.2) is 5.76 Å². The Morgan fingerprint density at radius 2 is 1.83 bits per heavy atom. The van der Waals surface area contributed by atoms with Gasteiger partial charge in [-0.25, -0.2) is 4.39 Å². The normalized spacial score (nSPS) is 16.1. The van der Waals surface area contributed by atoms with E-state index in [0.29, 0.717) is 23.1 Å². The van der Waals surface area contributed by atoms with E-state index in [1.807, 2.05) is 0 Å². The first-order valence-corrected chi connectivity index (χ1v) is 10.3. The molecule has 4 rings (SSSR count). The molecule has 0 spiro atoms. The second kappa shape index (κ2) is 8.37. The molecule has 152 valence electrons. The van der Waals surface area contributed by atoms with Crippen molar-refractivity contribution in [1.82, 2.24) is 10.2 Å². The molecule has 1 amide bonds. The number of hydrogen-bond acceptors (Lipinski definition) is 3. The van der Waals surface area contributed by atoms with E-state index in [2.05, 4.69) is 41.4 Å². The molecule has 1 saturated heterocycles. The fourth-order valence-electron chi connectivity index (χ4n) is 4.16. The summed E-state index contributed by atoms with van der Waals surface area (Å²) in [5.74, 6) is -0.335. The maximum absolute atomic E-state index is 13.6. The van der Waals surface area contributed by atoms with Gasteiger partial charge in [0.2, 0.25) is 0 Å². The van der Waals surface area contributed by atoms with E-state index >= 15 is 0 Å². The number of halogens is 1. The van der Waals surface area contributed by atoms with Crippen molar-refractivity contribution in [2.45, 2.75) is 39.2 Å². The summed E-state index contributed by atoms with van der Waals surface area (Å²) >= 11 is 0. The fraction of sp³-hybridized carbons (Fsp3) is 0.375.